The molecule has 10 heteroatoms. The van der Waals surface area contributed by atoms with Gasteiger partial charge in [-0.25, -0.2) is 17.9 Å². The van der Waals surface area contributed by atoms with E-state index in [0.29, 0.717) is 17.1 Å². The molecule has 0 atom stereocenters. The van der Waals surface area contributed by atoms with Gasteiger partial charge in [-0.15, -0.1) is 0 Å². The Balaban J connectivity index is 1.89. The summed E-state index contributed by atoms with van der Waals surface area (Å²) in [7, 11) is -2.34. The lowest BCUT2D eigenvalue weighted by molar-refractivity contribution is 0.168. The van der Waals surface area contributed by atoms with Gasteiger partial charge >= 0.3 is 6.09 Å². The Morgan fingerprint density at radius 2 is 1.70 bits per heavy atom. The maximum absolute atomic E-state index is 12.9. The Hall–Kier alpha value is -3.53. The number of rotatable bonds is 6. The first-order chi connectivity index (χ1) is 14.2. The molecular formula is C20H22N4O5S. The molecular weight excluding hydrogens is 408 g/mol. The van der Waals surface area contributed by atoms with Crippen LogP contribution in [0.2, 0.25) is 0 Å². The smallest absolute Gasteiger partial charge is 0.411 e. The minimum atomic E-state index is -4.02. The normalized spacial score (nSPS) is 11.2. The molecule has 0 fully saturated rings. The van der Waals surface area contributed by atoms with Gasteiger partial charge in [-0.3, -0.25) is 19.5 Å². The fourth-order valence-electron chi connectivity index (χ4n) is 2.88. The maximum atomic E-state index is 12.9. The molecule has 2 aromatic carbocycles. The third kappa shape index (κ3) is 4.23. The molecule has 1 heterocycles. The number of nitrogens with one attached hydrogen (secondary N) is 2. The van der Waals surface area contributed by atoms with Crippen molar-refractivity contribution in [1.29, 1.82) is 0 Å². The van der Waals surface area contributed by atoms with Gasteiger partial charge in [-0.2, -0.15) is 0 Å². The van der Waals surface area contributed by atoms with Crippen LogP contribution in [-0.2, 0) is 21.8 Å². The van der Waals surface area contributed by atoms with Gasteiger partial charge in [0.1, 0.15) is 5.69 Å². The van der Waals surface area contributed by atoms with Crippen LogP contribution in [0.25, 0.3) is 5.69 Å². The molecule has 0 aliphatic heterocycles. The van der Waals surface area contributed by atoms with E-state index >= 15 is 0 Å². The topological polar surface area (TPSA) is 111 Å². The highest BCUT2D eigenvalue weighted by atomic mass is 32.2. The van der Waals surface area contributed by atoms with E-state index in [1.165, 1.54) is 28.9 Å². The Morgan fingerprint density at radius 3 is 2.30 bits per heavy atom. The lowest BCUT2D eigenvalue weighted by atomic mass is 10.3. The summed E-state index contributed by atoms with van der Waals surface area (Å²) in [6.07, 6.45) is -0.632. The van der Waals surface area contributed by atoms with Crippen molar-refractivity contribution in [2.24, 2.45) is 7.05 Å². The van der Waals surface area contributed by atoms with Crippen LogP contribution in [0.4, 0.5) is 16.2 Å². The van der Waals surface area contributed by atoms with E-state index in [4.69, 9.17) is 4.74 Å². The Bertz CT molecular complexity index is 1210. The van der Waals surface area contributed by atoms with E-state index in [1.54, 1.807) is 49.8 Å². The number of amides is 1. The quantitative estimate of drug-likeness (QED) is 0.625. The number of hydrogen-bond donors (Lipinski definition) is 2. The number of nitrogens with zero attached hydrogens (tertiary/aromatic N) is 2. The number of aromatic nitrogens is 2. The molecule has 30 heavy (non-hydrogen) atoms. The molecule has 0 saturated heterocycles. The van der Waals surface area contributed by atoms with Gasteiger partial charge in [-0.1, -0.05) is 18.2 Å². The summed E-state index contributed by atoms with van der Waals surface area (Å²) in [4.78, 5) is 24.3. The van der Waals surface area contributed by atoms with Crippen molar-refractivity contribution in [3.8, 4) is 5.69 Å². The third-order valence-electron chi connectivity index (χ3n) is 4.48. The van der Waals surface area contributed by atoms with Crippen LogP contribution in [0.3, 0.4) is 0 Å². The summed E-state index contributed by atoms with van der Waals surface area (Å²) >= 11 is 0. The van der Waals surface area contributed by atoms with Crippen molar-refractivity contribution >= 4 is 27.5 Å². The van der Waals surface area contributed by atoms with E-state index in [-0.39, 0.29) is 17.2 Å². The molecule has 1 aromatic heterocycles. The van der Waals surface area contributed by atoms with Crippen molar-refractivity contribution in [2.45, 2.75) is 18.7 Å². The second-order valence-electron chi connectivity index (χ2n) is 6.41. The lowest BCUT2D eigenvalue weighted by Crippen LogP contribution is -2.23. The molecule has 0 spiro atoms. The first-order valence-electron chi connectivity index (χ1n) is 9.15. The molecule has 0 unspecified atom stereocenters. The van der Waals surface area contributed by atoms with E-state index in [1.807, 2.05) is 6.07 Å². The molecule has 2 N–H and O–H groups in total. The molecule has 0 saturated carbocycles. The monoisotopic (exact) mass is 430 g/mol. The van der Waals surface area contributed by atoms with Crippen molar-refractivity contribution in [3.05, 3.63) is 70.6 Å². The van der Waals surface area contributed by atoms with E-state index in [2.05, 4.69) is 10.0 Å². The predicted molar refractivity (Wildman–Crippen MR) is 114 cm³/mol. The Kier molecular flexibility index (Phi) is 5.97. The summed E-state index contributed by atoms with van der Waals surface area (Å²) in [6.45, 7) is 3.56. The van der Waals surface area contributed by atoms with Crippen molar-refractivity contribution in [2.75, 3.05) is 16.6 Å². The number of hydrogen-bond acceptors (Lipinski definition) is 5. The number of para-hydroxylation sites is 1. The van der Waals surface area contributed by atoms with Crippen LogP contribution < -0.4 is 15.6 Å². The molecule has 3 rings (SSSR count). The second kappa shape index (κ2) is 8.46. The number of carbonyl (C=O) groups excluding carboxylic acids is 1. The number of sulfonamides is 1. The van der Waals surface area contributed by atoms with Crippen LogP contribution in [0, 0.1) is 6.92 Å². The fourth-order valence-corrected chi connectivity index (χ4v) is 4.00. The maximum Gasteiger partial charge on any atom is 0.411 e. The molecule has 0 aliphatic rings. The predicted octanol–water partition coefficient (Wildman–Crippen LogP) is 2.85. The fraction of sp³-hybridized carbons (Fsp3) is 0.200. The minimum Gasteiger partial charge on any atom is -0.450 e. The van der Waals surface area contributed by atoms with Crippen LogP contribution in [-0.4, -0.2) is 30.5 Å². The third-order valence-corrected chi connectivity index (χ3v) is 5.84. The van der Waals surface area contributed by atoms with Crippen LogP contribution in [0.1, 0.15) is 12.6 Å². The van der Waals surface area contributed by atoms with Crippen molar-refractivity contribution in [3.63, 3.8) is 0 Å². The van der Waals surface area contributed by atoms with Crippen LogP contribution in [0.5, 0.6) is 0 Å². The van der Waals surface area contributed by atoms with Gasteiger partial charge in [0.25, 0.3) is 15.6 Å². The number of carbonyl (C=O) groups is 1. The Labute approximate surface area is 173 Å². The molecule has 0 bridgehead atoms. The highest BCUT2D eigenvalue weighted by Gasteiger charge is 2.22. The van der Waals surface area contributed by atoms with Crippen LogP contribution in [0.15, 0.2) is 64.3 Å². The Morgan fingerprint density at radius 1 is 1.07 bits per heavy atom. The van der Waals surface area contributed by atoms with E-state index in [9.17, 15) is 18.0 Å². The molecule has 158 valence electrons. The first kappa shape index (κ1) is 21.2. The number of anilines is 2. The zero-order valence-corrected chi connectivity index (χ0v) is 17.6. The number of benzene rings is 2. The second-order valence-corrected chi connectivity index (χ2v) is 8.09. The van der Waals surface area contributed by atoms with E-state index < -0.39 is 21.7 Å². The summed E-state index contributed by atoms with van der Waals surface area (Å²) < 4.78 is 35.8. The van der Waals surface area contributed by atoms with Gasteiger partial charge in [-0.05, 0) is 50.2 Å². The van der Waals surface area contributed by atoms with Gasteiger partial charge < -0.3 is 4.74 Å². The summed E-state index contributed by atoms with van der Waals surface area (Å²) in [5.41, 5.74) is 0.955. The highest BCUT2D eigenvalue weighted by molar-refractivity contribution is 7.92. The van der Waals surface area contributed by atoms with Gasteiger partial charge in [0.05, 0.1) is 22.9 Å². The van der Waals surface area contributed by atoms with E-state index in [0.717, 1.165) is 0 Å². The standard InChI is InChI=1S/C20H22N4O5S/c1-4-29-20(26)21-15-10-12-17(13-11-15)30(27,28)22-18-14(2)23(3)24(19(18)25)16-8-6-5-7-9-16/h5-13,22H,4H2,1-3H3,(H,21,26). The SMILES string of the molecule is CCOC(=O)Nc1ccc(S(=O)(=O)Nc2c(C)n(C)n(-c3ccccc3)c2=O)cc1. The van der Waals surface area contributed by atoms with Crippen molar-refractivity contribution < 1.29 is 17.9 Å². The van der Waals surface area contributed by atoms with Gasteiger partial charge in [0.15, 0.2) is 0 Å². The highest BCUT2D eigenvalue weighted by Crippen LogP contribution is 2.20. The largest absolute Gasteiger partial charge is 0.450 e. The van der Waals surface area contributed by atoms with Gasteiger partial charge in [0, 0.05) is 12.7 Å². The zero-order chi connectivity index (χ0) is 21.9. The average molecular weight is 430 g/mol. The van der Waals surface area contributed by atoms with Crippen LogP contribution >= 0.6 is 0 Å². The molecule has 0 radical (unpaired) electrons. The van der Waals surface area contributed by atoms with Crippen molar-refractivity contribution in [1.82, 2.24) is 9.36 Å². The lowest BCUT2D eigenvalue weighted by Gasteiger charge is -2.09. The minimum absolute atomic E-state index is 0.0323. The van der Waals surface area contributed by atoms with Gasteiger partial charge in [0.2, 0.25) is 0 Å². The molecule has 9 nitrogen and oxygen atoms in total. The summed E-state index contributed by atoms with van der Waals surface area (Å²) in [5, 5.41) is 2.49. The zero-order valence-electron chi connectivity index (χ0n) is 16.7. The first-order valence-corrected chi connectivity index (χ1v) is 10.6. The molecule has 3 aromatic rings. The molecule has 1 amide bonds. The average Bonchev–Trinajstić information content (AvgIpc) is 2.92. The molecule has 0 aliphatic carbocycles. The number of ether oxygens (including phenoxy) is 1. The summed E-state index contributed by atoms with van der Waals surface area (Å²) in [6, 6.07) is 14.5. The summed E-state index contributed by atoms with van der Waals surface area (Å²) in [5.74, 6) is 0.